The van der Waals surface area contributed by atoms with Crippen molar-refractivity contribution in [2.45, 2.75) is 26.4 Å². The summed E-state index contributed by atoms with van der Waals surface area (Å²) in [4.78, 5) is 16.2. The van der Waals surface area contributed by atoms with Crippen LogP contribution in [0.1, 0.15) is 23.1 Å². The maximum Gasteiger partial charge on any atom is 0.410 e. The van der Waals surface area contributed by atoms with Crippen LogP contribution in [-0.2, 0) is 17.8 Å². The molecular weight excluding hydrogens is 278 g/mol. The van der Waals surface area contributed by atoms with Gasteiger partial charge in [0.15, 0.2) is 0 Å². The molecule has 0 spiro atoms. The van der Waals surface area contributed by atoms with Gasteiger partial charge in [-0.2, -0.15) is 0 Å². The average molecular weight is 295 g/mol. The molecule has 0 radical (unpaired) electrons. The largest absolute Gasteiger partial charge is 0.449 e. The first kappa shape index (κ1) is 14.1. The minimum atomic E-state index is -0.233. The Morgan fingerprint density at radius 1 is 1.16 bits per heavy atom. The summed E-state index contributed by atoms with van der Waals surface area (Å²) < 4.78 is 5.25. The minimum Gasteiger partial charge on any atom is -0.449 e. The number of hydrogen-bond donors (Lipinski definition) is 0. The zero-order valence-electron chi connectivity index (χ0n) is 10.9. The Hall–Kier alpha value is -1.33. The Kier molecular flexibility index (Phi) is 5.42. The lowest BCUT2D eigenvalue weighted by molar-refractivity contribution is 0.0978. The Bertz CT molecular complexity index is 443. The van der Waals surface area contributed by atoms with Crippen molar-refractivity contribution in [3.63, 3.8) is 0 Å². The molecule has 2 aromatic heterocycles. The Morgan fingerprint density at radius 2 is 1.74 bits per heavy atom. The molecule has 0 aliphatic rings. The quantitative estimate of drug-likeness (QED) is 0.792. The molecule has 0 aromatic carbocycles. The summed E-state index contributed by atoms with van der Waals surface area (Å²) in [5, 5.41) is 4.05. The summed E-state index contributed by atoms with van der Waals surface area (Å²) in [6, 6.07) is 8.08. The van der Waals surface area contributed by atoms with Gasteiger partial charge in [-0.05, 0) is 29.3 Å². The van der Waals surface area contributed by atoms with Crippen molar-refractivity contribution in [1.82, 2.24) is 4.90 Å². The Balaban J connectivity index is 2.01. The number of amides is 1. The van der Waals surface area contributed by atoms with Gasteiger partial charge < -0.3 is 4.74 Å². The molecule has 0 saturated carbocycles. The topological polar surface area (TPSA) is 29.5 Å². The van der Waals surface area contributed by atoms with E-state index in [9.17, 15) is 4.79 Å². The maximum atomic E-state index is 12.1. The third-order valence-corrected chi connectivity index (χ3v) is 4.26. The first-order chi connectivity index (χ1) is 9.29. The van der Waals surface area contributed by atoms with Crippen molar-refractivity contribution in [3.05, 3.63) is 44.8 Å². The fourth-order valence-corrected chi connectivity index (χ4v) is 3.09. The summed E-state index contributed by atoms with van der Waals surface area (Å²) >= 11 is 3.32. The Morgan fingerprint density at radius 3 is 2.16 bits per heavy atom. The molecule has 0 unspecified atom stereocenters. The summed E-state index contributed by atoms with van der Waals surface area (Å²) in [6.07, 6.45) is 0.612. The van der Waals surface area contributed by atoms with Crippen LogP contribution in [0.3, 0.4) is 0 Å². The molecule has 19 heavy (non-hydrogen) atoms. The average Bonchev–Trinajstić information content (AvgIpc) is 3.08. The minimum absolute atomic E-state index is 0.233. The van der Waals surface area contributed by atoms with Gasteiger partial charge in [-0.3, -0.25) is 4.90 Å². The van der Waals surface area contributed by atoms with Gasteiger partial charge in [0.1, 0.15) is 0 Å². The van der Waals surface area contributed by atoms with E-state index in [2.05, 4.69) is 0 Å². The van der Waals surface area contributed by atoms with E-state index in [-0.39, 0.29) is 6.09 Å². The molecule has 0 aliphatic heterocycles. The van der Waals surface area contributed by atoms with Gasteiger partial charge in [0, 0.05) is 9.75 Å². The number of hydrogen-bond acceptors (Lipinski definition) is 4. The van der Waals surface area contributed by atoms with Crippen molar-refractivity contribution in [2.24, 2.45) is 0 Å². The van der Waals surface area contributed by atoms with Crippen molar-refractivity contribution in [2.75, 3.05) is 6.61 Å². The molecule has 0 saturated heterocycles. The molecule has 2 rings (SSSR count). The normalized spacial score (nSPS) is 10.4. The van der Waals surface area contributed by atoms with Crippen LogP contribution in [0.2, 0.25) is 0 Å². The molecule has 0 N–H and O–H groups in total. The highest BCUT2D eigenvalue weighted by molar-refractivity contribution is 7.10. The van der Waals surface area contributed by atoms with Crippen LogP contribution in [0.15, 0.2) is 35.0 Å². The van der Waals surface area contributed by atoms with Crippen LogP contribution in [0, 0.1) is 0 Å². The number of rotatable bonds is 6. The molecule has 0 atom stereocenters. The highest BCUT2D eigenvalue weighted by Gasteiger charge is 2.16. The van der Waals surface area contributed by atoms with E-state index in [0.717, 1.165) is 6.42 Å². The van der Waals surface area contributed by atoms with Gasteiger partial charge in [-0.1, -0.05) is 19.1 Å². The van der Waals surface area contributed by atoms with E-state index >= 15 is 0 Å². The van der Waals surface area contributed by atoms with Crippen molar-refractivity contribution >= 4 is 28.8 Å². The lowest BCUT2D eigenvalue weighted by Crippen LogP contribution is -2.30. The third-order valence-electron chi connectivity index (χ3n) is 2.54. The number of ether oxygens (including phenoxy) is 1. The second-order valence-electron chi connectivity index (χ2n) is 4.13. The van der Waals surface area contributed by atoms with Crippen LogP contribution >= 0.6 is 22.7 Å². The van der Waals surface area contributed by atoms with Crippen molar-refractivity contribution < 1.29 is 9.53 Å². The van der Waals surface area contributed by atoms with E-state index in [1.54, 1.807) is 27.6 Å². The van der Waals surface area contributed by atoms with Gasteiger partial charge >= 0.3 is 6.09 Å². The lowest BCUT2D eigenvalue weighted by Gasteiger charge is -2.20. The monoisotopic (exact) mass is 295 g/mol. The van der Waals surface area contributed by atoms with Gasteiger partial charge in [0.05, 0.1) is 19.7 Å². The summed E-state index contributed by atoms with van der Waals surface area (Å²) in [6.45, 7) is 3.69. The first-order valence-electron chi connectivity index (χ1n) is 6.26. The van der Waals surface area contributed by atoms with E-state index in [4.69, 9.17) is 4.74 Å². The fraction of sp³-hybridized carbons (Fsp3) is 0.357. The second-order valence-corrected chi connectivity index (χ2v) is 6.19. The number of nitrogens with zero attached hydrogens (tertiary/aromatic N) is 1. The highest BCUT2D eigenvalue weighted by atomic mass is 32.1. The summed E-state index contributed by atoms with van der Waals surface area (Å²) in [5.41, 5.74) is 0. The zero-order valence-corrected chi connectivity index (χ0v) is 12.5. The van der Waals surface area contributed by atoms with Crippen LogP contribution in [-0.4, -0.2) is 17.6 Å². The SMILES string of the molecule is CCCOC(=O)N(Cc1cccs1)Cc1cccs1. The van der Waals surface area contributed by atoms with Crippen LogP contribution in [0.25, 0.3) is 0 Å². The van der Waals surface area contributed by atoms with Crippen molar-refractivity contribution in [1.29, 1.82) is 0 Å². The van der Waals surface area contributed by atoms with E-state index in [0.29, 0.717) is 19.7 Å². The molecule has 3 nitrogen and oxygen atoms in total. The fourth-order valence-electron chi connectivity index (χ4n) is 1.65. The second kappa shape index (κ2) is 7.31. The molecule has 102 valence electrons. The van der Waals surface area contributed by atoms with Gasteiger partial charge in [-0.15, -0.1) is 22.7 Å². The van der Waals surface area contributed by atoms with Crippen LogP contribution < -0.4 is 0 Å². The zero-order chi connectivity index (χ0) is 13.5. The molecule has 2 aromatic rings. The number of carbonyl (C=O) groups excluding carboxylic acids is 1. The first-order valence-corrected chi connectivity index (χ1v) is 8.02. The molecule has 2 heterocycles. The summed E-state index contributed by atoms with van der Waals surface area (Å²) in [5.74, 6) is 0. The molecule has 0 fully saturated rings. The predicted molar refractivity (Wildman–Crippen MR) is 79.5 cm³/mol. The van der Waals surface area contributed by atoms with Crippen LogP contribution in [0.5, 0.6) is 0 Å². The molecular formula is C14H17NO2S2. The predicted octanol–water partition coefficient (Wildman–Crippen LogP) is 4.36. The lowest BCUT2D eigenvalue weighted by atomic mass is 10.4. The maximum absolute atomic E-state index is 12.1. The molecule has 0 bridgehead atoms. The smallest absolute Gasteiger partial charge is 0.410 e. The number of thiophene rings is 2. The summed E-state index contributed by atoms with van der Waals surface area (Å²) in [7, 11) is 0. The van der Waals surface area contributed by atoms with Gasteiger partial charge in [-0.25, -0.2) is 4.79 Å². The third kappa shape index (κ3) is 4.36. The molecule has 5 heteroatoms. The van der Waals surface area contributed by atoms with E-state index in [1.807, 2.05) is 41.9 Å². The van der Waals surface area contributed by atoms with E-state index < -0.39 is 0 Å². The van der Waals surface area contributed by atoms with Gasteiger partial charge in [0.25, 0.3) is 0 Å². The molecule has 1 amide bonds. The molecule has 0 aliphatic carbocycles. The highest BCUT2D eigenvalue weighted by Crippen LogP contribution is 2.17. The number of carbonyl (C=O) groups is 1. The Labute approximate surface area is 121 Å². The van der Waals surface area contributed by atoms with Gasteiger partial charge in [0.2, 0.25) is 0 Å². The van der Waals surface area contributed by atoms with E-state index in [1.165, 1.54) is 9.75 Å². The van der Waals surface area contributed by atoms with Crippen molar-refractivity contribution in [3.8, 4) is 0 Å². The standard InChI is InChI=1S/C14H17NO2S2/c1-2-7-17-14(16)15(10-12-5-3-8-18-12)11-13-6-4-9-19-13/h3-6,8-9H,2,7,10-11H2,1H3. The van der Waals surface area contributed by atoms with Crippen LogP contribution in [0.4, 0.5) is 4.79 Å².